The second kappa shape index (κ2) is 7.40. The van der Waals surface area contributed by atoms with Gasteiger partial charge in [-0.05, 0) is 26.0 Å². The van der Waals surface area contributed by atoms with E-state index in [1.54, 1.807) is 12.1 Å². The van der Waals surface area contributed by atoms with E-state index >= 15 is 0 Å². The van der Waals surface area contributed by atoms with Gasteiger partial charge < -0.3 is 9.64 Å². The van der Waals surface area contributed by atoms with Gasteiger partial charge in [0.15, 0.2) is 0 Å². The fourth-order valence-corrected chi connectivity index (χ4v) is 2.90. The van der Waals surface area contributed by atoms with Gasteiger partial charge >= 0.3 is 0 Å². The first-order valence-corrected chi connectivity index (χ1v) is 7.68. The lowest BCUT2D eigenvalue weighted by molar-refractivity contribution is -0.385. The summed E-state index contributed by atoms with van der Waals surface area (Å²) in [6.07, 6.45) is 0.460. The maximum absolute atomic E-state index is 10.9. The molecular weight excluding hydrogens is 296 g/mol. The third-order valence-corrected chi connectivity index (χ3v) is 3.98. The molecule has 1 aliphatic heterocycles. The Bertz CT molecular complexity index is 604. The molecule has 1 saturated heterocycles. The maximum atomic E-state index is 10.9. The van der Waals surface area contributed by atoms with Gasteiger partial charge in [-0.2, -0.15) is 5.26 Å². The largest absolute Gasteiger partial charge is 0.373 e. The van der Waals surface area contributed by atoms with Crippen molar-refractivity contribution < 1.29 is 9.66 Å². The normalized spacial score (nSPS) is 21.7. The van der Waals surface area contributed by atoms with Crippen molar-refractivity contribution in [3.05, 3.63) is 33.9 Å². The van der Waals surface area contributed by atoms with E-state index < -0.39 is 4.92 Å². The number of likely N-dealkylation sites (N-methyl/N-ethyl adjacent to an activating group) is 1. The Hall–Kier alpha value is -2.17. The number of hydrogen-bond donors (Lipinski definition) is 0. The predicted molar refractivity (Wildman–Crippen MR) is 87.5 cm³/mol. The zero-order valence-corrected chi connectivity index (χ0v) is 13.7. The van der Waals surface area contributed by atoms with E-state index in [0.29, 0.717) is 0 Å². The van der Waals surface area contributed by atoms with Crippen LogP contribution >= 0.6 is 0 Å². The van der Waals surface area contributed by atoms with Gasteiger partial charge in [-0.15, -0.1) is 0 Å². The lowest BCUT2D eigenvalue weighted by atomic mass is 10.1. The van der Waals surface area contributed by atoms with Gasteiger partial charge in [0.1, 0.15) is 11.6 Å². The number of benzene rings is 1. The molecule has 0 aliphatic carbocycles. The van der Waals surface area contributed by atoms with Crippen molar-refractivity contribution in [2.75, 3.05) is 38.1 Å². The molecule has 7 nitrogen and oxygen atoms in total. The van der Waals surface area contributed by atoms with E-state index in [9.17, 15) is 10.1 Å². The average Bonchev–Trinajstić information content (AvgIpc) is 2.50. The van der Waals surface area contributed by atoms with Crippen LogP contribution in [0.4, 0.5) is 11.4 Å². The molecule has 1 aromatic carbocycles. The van der Waals surface area contributed by atoms with Crippen molar-refractivity contribution in [1.29, 1.82) is 5.26 Å². The molecule has 0 radical (unpaired) electrons. The number of hydrogen-bond acceptors (Lipinski definition) is 6. The summed E-state index contributed by atoms with van der Waals surface area (Å²) in [5.74, 6) is 0. The molecule has 7 heteroatoms. The van der Waals surface area contributed by atoms with Crippen LogP contribution < -0.4 is 4.90 Å². The lowest BCUT2D eigenvalue weighted by Gasteiger charge is -2.36. The van der Waals surface area contributed by atoms with Crippen LogP contribution in [-0.2, 0) is 4.74 Å². The Kier molecular flexibility index (Phi) is 5.53. The molecule has 0 aromatic heterocycles. The Labute approximate surface area is 136 Å². The lowest BCUT2D eigenvalue weighted by Crippen LogP contribution is -2.47. The summed E-state index contributed by atoms with van der Waals surface area (Å²) in [5.41, 5.74) is 0.745. The van der Waals surface area contributed by atoms with Crippen molar-refractivity contribution in [1.82, 2.24) is 4.90 Å². The smallest absolute Gasteiger partial charge is 0.287 e. The minimum atomic E-state index is -0.529. The molecule has 1 aliphatic rings. The molecule has 2 rings (SSSR count). The predicted octanol–water partition coefficient (Wildman–Crippen LogP) is 2.01. The second-order valence-corrected chi connectivity index (χ2v) is 6.01. The molecule has 1 fully saturated rings. The highest BCUT2D eigenvalue weighted by Gasteiger charge is 2.22. The molecule has 0 saturated carbocycles. The molecule has 0 unspecified atom stereocenters. The highest BCUT2D eigenvalue weighted by atomic mass is 16.6. The number of nitrogens with zero attached hydrogens (tertiary/aromatic N) is 4. The third kappa shape index (κ3) is 4.41. The SMILES string of the molecule is C[C@@H]1CN(CCN(C)c2ccc([N+](=O)[O-])c(C#N)c2)C[C@H](C)O1. The first-order chi connectivity index (χ1) is 10.9. The van der Waals surface area contributed by atoms with Gasteiger partial charge in [0, 0.05) is 45.0 Å². The van der Waals surface area contributed by atoms with Crippen molar-refractivity contribution in [3.8, 4) is 6.07 Å². The van der Waals surface area contributed by atoms with E-state index in [1.807, 2.05) is 18.0 Å². The molecule has 23 heavy (non-hydrogen) atoms. The second-order valence-electron chi connectivity index (χ2n) is 6.01. The summed E-state index contributed by atoms with van der Waals surface area (Å²) in [7, 11) is 1.93. The van der Waals surface area contributed by atoms with Crippen molar-refractivity contribution in [2.45, 2.75) is 26.1 Å². The van der Waals surface area contributed by atoms with Crippen LogP contribution in [0.1, 0.15) is 19.4 Å². The van der Waals surface area contributed by atoms with Gasteiger partial charge in [-0.25, -0.2) is 0 Å². The fraction of sp³-hybridized carbons (Fsp3) is 0.562. The van der Waals surface area contributed by atoms with Gasteiger partial charge in [0.25, 0.3) is 5.69 Å². The van der Waals surface area contributed by atoms with E-state index in [1.165, 1.54) is 6.07 Å². The Morgan fingerprint density at radius 3 is 2.65 bits per heavy atom. The molecule has 0 spiro atoms. The highest BCUT2D eigenvalue weighted by Crippen LogP contribution is 2.23. The molecule has 1 heterocycles. The number of morpholine rings is 1. The van der Waals surface area contributed by atoms with Crippen molar-refractivity contribution in [2.24, 2.45) is 0 Å². The zero-order chi connectivity index (χ0) is 17.0. The molecule has 0 bridgehead atoms. The quantitative estimate of drug-likeness (QED) is 0.610. The number of nitro benzene ring substituents is 1. The van der Waals surface area contributed by atoms with E-state index in [2.05, 4.69) is 18.7 Å². The number of nitro groups is 1. The standard InChI is InChI=1S/C16H22N4O3/c1-12-10-19(11-13(2)23-12)7-6-18(3)15-4-5-16(20(21)22)14(8-15)9-17/h4-5,8,12-13H,6-7,10-11H2,1-3H3/t12-,13+. The molecular formula is C16H22N4O3. The number of anilines is 1. The summed E-state index contributed by atoms with van der Waals surface area (Å²) < 4.78 is 5.72. The number of nitriles is 1. The Morgan fingerprint density at radius 2 is 2.09 bits per heavy atom. The van der Waals surface area contributed by atoms with Gasteiger partial charge in [0.2, 0.25) is 0 Å². The fourth-order valence-electron chi connectivity index (χ4n) is 2.90. The van der Waals surface area contributed by atoms with Crippen LogP contribution in [0.25, 0.3) is 0 Å². The Balaban J connectivity index is 1.99. The first-order valence-electron chi connectivity index (χ1n) is 7.68. The monoisotopic (exact) mass is 318 g/mol. The van der Waals surface area contributed by atoms with Crippen LogP contribution in [0.15, 0.2) is 18.2 Å². The van der Waals surface area contributed by atoms with E-state index in [4.69, 9.17) is 10.00 Å². The van der Waals surface area contributed by atoms with Crippen molar-refractivity contribution in [3.63, 3.8) is 0 Å². The maximum Gasteiger partial charge on any atom is 0.287 e. The molecule has 124 valence electrons. The van der Waals surface area contributed by atoms with Crippen LogP contribution in [0.2, 0.25) is 0 Å². The molecule has 0 amide bonds. The zero-order valence-electron chi connectivity index (χ0n) is 13.7. The molecule has 1 aromatic rings. The van der Waals surface area contributed by atoms with Crippen LogP contribution in [0.5, 0.6) is 0 Å². The summed E-state index contributed by atoms with van der Waals surface area (Å²) in [6.45, 7) is 7.61. The summed E-state index contributed by atoms with van der Waals surface area (Å²) in [5, 5.41) is 19.9. The van der Waals surface area contributed by atoms with Crippen LogP contribution in [0, 0.1) is 21.4 Å². The van der Waals surface area contributed by atoms with E-state index in [-0.39, 0.29) is 23.5 Å². The molecule has 0 N–H and O–H groups in total. The van der Waals surface area contributed by atoms with Crippen molar-refractivity contribution >= 4 is 11.4 Å². The van der Waals surface area contributed by atoms with Gasteiger partial charge in [-0.3, -0.25) is 15.0 Å². The first kappa shape index (κ1) is 17.2. The summed E-state index contributed by atoms with van der Waals surface area (Å²) >= 11 is 0. The van der Waals surface area contributed by atoms with Gasteiger partial charge in [0.05, 0.1) is 17.1 Å². The van der Waals surface area contributed by atoms with Crippen LogP contribution in [0.3, 0.4) is 0 Å². The highest BCUT2D eigenvalue weighted by molar-refractivity contribution is 5.59. The summed E-state index contributed by atoms with van der Waals surface area (Å²) in [4.78, 5) is 14.7. The Morgan fingerprint density at radius 1 is 1.43 bits per heavy atom. The van der Waals surface area contributed by atoms with Gasteiger partial charge in [-0.1, -0.05) is 0 Å². The number of rotatable bonds is 5. The van der Waals surface area contributed by atoms with E-state index in [0.717, 1.165) is 31.9 Å². The minimum absolute atomic E-state index is 0.0907. The minimum Gasteiger partial charge on any atom is -0.373 e. The molecule has 2 atom stereocenters. The average molecular weight is 318 g/mol. The van der Waals surface area contributed by atoms with Crippen LogP contribution in [-0.4, -0.2) is 55.3 Å². The topological polar surface area (TPSA) is 82.6 Å². The summed E-state index contributed by atoms with van der Waals surface area (Å²) in [6, 6.07) is 6.54. The third-order valence-electron chi connectivity index (χ3n) is 3.98. The number of ether oxygens (including phenoxy) is 1.